The van der Waals surface area contributed by atoms with E-state index in [1.807, 2.05) is 25.1 Å². The first kappa shape index (κ1) is 10.2. The van der Waals surface area contributed by atoms with Crippen LogP contribution in [0, 0.1) is 5.92 Å². The topological polar surface area (TPSA) is 26.3 Å². The average Bonchev–Trinajstić information content (AvgIpc) is 2.57. The first-order valence-corrected chi connectivity index (χ1v) is 5.50. The van der Waals surface area contributed by atoms with Gasteiger partial charge in [0.25, 0.3) is 0 Å². The van der Waals surface area contributed by atoms with Crippen molar-refractivity contribution < 1.29 is 9.53 Å². The fraction of sp³-hybridized carbons (Fsp3) is 0.462. The highest BCUT2D eigenvalue weighted by Gasteiger charge is 2.30. The molecule has 2 atom stereocenters. The molecule has 0 aromatic heterocycles. The van der Waals surface area contributed by atoms with Gasteiger partial charge in [-0.15, -0.1) is 0 Å². The summed E-state index contributed by atoms with van der Waals surface area (Å²) in [5.41, 5.74) is 1.31. The molecular weight excluding hydrogens is 188 g/mol. The molecule has 0 bridgehead atoms. The smallest absolute Gasteiger partial charge is 0.309 e. The van der Waals surface area contributed by atoms with Crippen LogP contribution in [0.15, 0.2) is 30.3 Å². The maximum atomic E-state index is 11.2. The molecule has 0 aliphatic carbocycles. The third-order valence-corrected chi connectivity index (χ3v) is 2.90. The minimum atomic E-state index is -0.0342. The highest BCUT2D eigenvalue weighted by molar-refractivity contribution is 5.74. The van der Waals surface area contributed by atoms with E-state index in [9.17, 15) is 4.79 Å². The van der Waals surface area contributed by atoms with Crippen molar-refractivity contribution in [3.63, 3.8) is 0 Å². The van der Waals surface area contributed by atoms with Gasteiger partial charge in [-0.3, -0.25) is 4.79 Å². The quantitative estimate of drug-likeness (QED) is 0.707. The Morgan fingerprint density at radius 3 is 2.67 bits per heavy atom. The Balaban J connectivity index is 1.82. The lowest BCUT2D eigenvalue weighted by molar-refractivity contribution is -0.144. The molecule has 1 aliphatic rings. The predicted octanol–water partition coefficient (Wildman–Crippen LogP) is 2.57. The molecular formula is C13H16O2. The molecule has 0 N–H and O–H groups in total. The normalized spacial score (nSPS) is 25.3. The van der Waals surface area contributed by atoms with E-state index in [0.717, 1.165) is 19.3 Å². The first-order chi connectivity index (χ1) is 7.25. The Kier molecular flexibility index (Phi) is 3.05. The Bertz CT molecular complexity index is 332. The molecule has 2 nitrogen and oxygen atoms in total. The average molecular weight is 204 g/mol. The van der Waals surface area contributed by atoms with E-state index in [4.69, 9.17) is 4.74 Å². The summed E-state index contributed by atoms with van der Waals surface area (Å²) in [4.78, 5) is 11.2. The summed E-state index contributed by atoms with van der Waals surface area (Å²) in [6.07, 6.45) is 2.95. The molecule has 0 spiro atoms. The molecule has 0 amide bonds. The molecule has 1 heterocycles. The van der Waals surface area contributed by atoms with Crippen molar-refractivity contribution in [2.45, 2.75) is 32.3 Å². The van der Waals surface area contributed by atoms with E-state index >= 15 is 0 Å². The number of carbonyl (C=O) groups excluding carboxylic acids is 1. The predicted molar refractivity (Wildman–Crippen MR) is 58.4 cm³/mol. The summed E-state index contributed by atoms with van der Waals surface area (Å²) in [5, 5.41) is 0. The zero-order valence-electron chi connectivity index (χ0n) is 8.98. The van der Waals surface area contributed by atoms with Gasteiger partial charge in [-0.25, -0.2) is 0 Å². The Labute approximate surface area is 90.3 Å². The largest absolute Gasteiger partial charge is 0.462 e. The van der Waals surface area contributed by atoms with Gasteiger partial charge in [-0.2, -0.15) is 0 Å². The zero-order chi connectivity index (χ0) is 10.7. The molecule has 1 saturated heterocycles. The molecule has 15 heavy (non-hydrogen) atoms. The summed E-state index contributed by atoms with van der Waals surface area (Å²) in [6, 6.07) is 10.3. The molecule has 1 aromatic carbocycles. The lowest BCUT2D eigenvalue weighted by Crippen LogP contribution is -2.07. The van der Waals surface area contributed by atoms with Crippen molar-refractivity contribution in [1.82, 2.24) is 0 Å². The third kappa shape index (κ3) is 2.58. The molecule has 1 aliphatic heterocycles. The summed E-state index contributed by atoms with van der Waals surface area (Å²) in [7, 11) is 0. The van der Waals surface area contributed by atoms with Crippen LogP contribution in [0.4, 0.5) is 0 Å². The maximum Gasteiger partial charge on any atom is 0.309 e. The van der Waals surface area contributed by atoms with Crippen LogP contribution < -0.4 is 0 Å². The van der Waals surface area contributed by atoms with E-state index < -0.39 is 0 Å². The van der Waals surface area contributed by atoms with Crippen LogP contribution in [0.1, 0.15) is 25.3 Å². The number of aryl methyl sites for hydroxylation is 1. The summed E-state index contributed by atoms with van der Waals surface area (Å²) in [6.45, 7) is 1.94. The van der Waals surface area contributed by atoms with Gasteiger partial charge in [-0.1, -0.05) is 37.3 Å². The SMILES string of the molecule is C[C@@H]1C[C@@H](CCc2ccccc2)OC1=O. The fourth-order valence-electron chi connectivity index (χ4n) is 1.97. The van der Waals surface area contributed by atoms with Gasteiger partial charge in [-0.05, 0) is 24.8 Å². The van der Waals surface area contributed by atoms with E-state index in [1.165, 1.54) is 5.56 Å². The maximum absolute atomic E-state index is 11.2. The van der Waals surface area contributed by atoms with Crippen molar-refractivity contribution in [2.75, 3.05) is 0 Å². The third-order valence-electron chi connectivity index (χ3n) is 2.90. The van der Waals surface area contributed by atoms with Crippen molar-refractivity contribution in [1.29, 1.82) is 0 Å². The van der Waals surface area contributed by atoms with Crippen molar-refractivity contribution in [2.24, 2.45) is 5.92 Å². The fourth-order valence-corrected chi connectivity index (χ4v) is 1.97. The van der Waals surface area contributed by atoms with Gasteiger partial charge >= 0.3 is 5.97 Å². The summed E-state index contributed by atoms with van der Waals surface area (Å²) >= 11 is 0. The van der Waals surface area contributed by atoms with Crippen LogP contribution >= 0.6 is 0 Å². The number of rotatable bonds is 3. The van der Waals surface area contributed by atoms with Gasteiger partial charge in [0.2, 0.25) is 0 Å². The minimum absolute atomic E-state index is 0.0342. The lowest BCUT2D eigenvalue weighted by Gasteiger charge is -2.08. The van der Waals surface area contributed by atoms with E-state index in [-0.39, 0.29) is 18.0 Å². The van der Waals surface area contributed by atoms with Crippen LogP contribution in [0.2, 0.25) is 0 Å². The van der Waals surface area contributed by atoms with E-state index in [2.05, 4.69) is 12.1 Å². The number of hydrogen-bond acceptors (Lipinski definition) is 2. The highest BCUT2D eigenvalue weighted by Crippen LogP contribution is 2.23. The molecule has 2 heteroatoms. The van der Waals surface area contributed by atoms with Crippen LogP contribution in [-0.2, 0) is 16.0 Å². The number of benzene rings is 1. The minimum Gasteiger partial charge on any atom is -0.462 e. The van der Waals surface area contributed by atoms with Crippen molar-refractivity contribution >= 4 is 5.97 Å². The van der Waals surface area contributed by atoms with Gasteiger partial charge in [0, 0.05) is 0 Å². The second-order valence-corrected chi connectivity index (χ2v) is 4.22. The monoisotopic (exact) mass is 204 g/mol. The second kappa shape index (κ2) is 4.47. The van der Waals surface area contributed by atoms with Crippen LogP contribution in [0.25, 0.3) is 0 Å². The molecule has 80 valence electrons. The van der Waals surface area contributed by atoms with Gasteiger partial charge < -0.3 is 4.74 Å². The lowest BCUT2D eigenvalue weighted by atomic mass is 10.0. The molecule has 0 unspecified atom stereocenters. The van der Waals surface area contributed by atoms with E-state index in [1.54, 1.807) is 0 Å². The molecule has 1 aromatic rings. The Morgan fingerprint density at radius 1 is 1.33 bits per heavy atom. The molecule has 2 rings (SSSR count). The van der Waals surface area contributed by atoms with E-state index in [0.29, 0.717) is 0 Å². The van der Waals surface area contributed by atoms with Gasteiger partial charge in [0.05, 0.1) is 5.92 Å². The molecule has 1 fully saturated rings. The van der Waals surface area contributed by atoms with Crippen molar-refractivity contribution in [3.8, 4) is 0 Å². The van der Waals surface area contributed by atoms with Gasteiger partial charge in [0.1, 0.15) is 6.10 Å². The number of carbonyl (C=O) groups is 1. The molecule has 0 saturated carbocycles. The first-order valence-electron chi connectivity index (χ1n) is 5.50. The highest BCUT2D eigenvalue weighted by atomic mass is 16.5. The summed E-state index contributed by atoms with van der Waals surface area (Å²) < 4.78 is 5.26. The number of ether oxygens (including phenoxy) is 1. The van der Waals surface area contributed by atoms with Crippen LogP contribution in [0.3, 0.4) is 0 Å². The van der Waals surface area contributed by atoms with Gasteiger partial charge in [0.15, 0.2) is 0 Å². The zero-order valence-corrected chi connectivity index (χ0v) is 8.98. The molecule has 0 radical (unpaired) electrons. The Hall–Kier alpha value is -1.31. The standard InChI is InChI=1S/C13H16O2/c1-10-9-12(15-13(10)14)8-7-11-5-3-2-4-6-11/h2-6,10,12H,7-9H2,1H3/t10-,12-/m1/s1. The number of hydrogen-bond donors (Lipinski definition) is 0. The van der Waals surface area contributed by atoms with Crippen molar-refractivity contribution in [3.05, 3.63) is 35.9 Å². The van der Waals surface area contributed by atoms with Crippen LogP contribution in [-0.4, -0.2) is 12.1 Å². The van der Waals surface area contributed by atoms with Crippen LogP contribution in [0.5, 0.6) is 0 Å². The second-order valence-electron chi connectivity index (χ2n) is 4.22. The number of esters is 1. The number of cyclic esters (lactones) is 1. The Morgan fingerprint density at radius 2 is 2.07 bits per heavy atom. The summed E-state index contributed by atoms with van der Waals surface area (Å²) in [5.74, 6) is 0.0545.